The van der Waals surface area contributed by atoms with Crippen molar-refractivity contribution in [2.75, 3.05) is 23.8 Å². The number of rotatable bonds is 7. The zero-order valence-corrected chi connectivity index (χ0v) is 13.5. The Morgan fingerprint density at radius 1 is 1.19 bits per heavy atom. The lowest BCUT2D eigenvalue weighted by molar-refractivity contribution is 0.527. The van der Waals surface area contributed by atoms with Crippen molar-refractivity contribution in [1.29, 1.82) is 0 Å². The Morgan fingerprint density at radius 2 is 1.90 bits per heavy atom. The summed E-state index contributed by atoms with van der Waals surface area (Å²) in [5, 5.41) is 0. The van der Waals surface area contributed by atoms with Gasteiger partial charge in [-0.2, -0.15) is 0 Å². The first kappa shape index (κ1) is 16.5. The summed E-state index contributed by atoms with van der Waals surface area (Å²) in [6.07, 6.45) is 1.71. The van der Waals surface area contributed by atoms with Crippen LogP contribution in [0.2, 0.25) is 0 Å². The van der Waals surface area contributed by atoms with Gasteiger partial charge in [0.2, 0.25) is 10.0 Å². The van der Waals surface area contributed by atoms with E-state index in [1.807, 2.05) is 30.3 Å². The molecule has 0 radical (unpaired) electrons. The highest BCUT2D eigenvalue weighted by atomic mass is 32.2. The molecule has 0 bridgehead atoms. The van der Waals surface area contributed by atoms with Crippen molar-refractivity contribution >= 4 is 19.9 Å². The van der Waals surface area contributed by atoms with Gasteiger partial charge in [-0.3, -0.25) is 0 Å². The fraction of sp³-hybridized carbons (Fsp3) is 0.571. The van der Waals surface area contributed by atoms with Crippen LogP contribution in [0.25, 0.3) is 0 Å². The van der Waals surface area contributed by atoms with Crippen LogP contribution in [-0.4, -0.2) is 40.6 Å². The second kappa shape index (κ2) is 6.89. The van der Waals surface area contributed by atoms with E-state index in [0.29, 0.717) is 25.8 Å². The first-order chi connectivity index (χ1) is 9.86. The quantitative estimate of drug-likeness (QED) is 0.807. The van der Waals surface area contributed by atoms with Gasteiger partial charge in [0.05, 0.1) is 17.3 Å². The molecular formula is C14H21NO4S2. The Labute approximate surface area is 126 Å². The van der Waals surface area contributed by atoms with E-state index in [4.69, 9.17) is 0 Å². The number of sulfone groups is 1. The molecule has 5 nitrogen and oxygen atoms in total. The van der Waals surface area contributed by atoms with Crippen LogP contribution in [0.5, 0.6) is 0 Å². The van der Waals surface area contributed by atoms with Crippen molar-refractivity contribution in [2.24, 2.45) is 5.92 Å². The van der Waals surface area contributed by atoms with Crippen LogP contribution in [0, 0.1) is 5.92 Å². The molecular weight excluding hydrogens is 310 g/mol. The Hall–Kier alpha value is -0.920. The second-order valence-electron chi connectivity index (χ2n) is 5.51. The highest BCUT2D eigenvalue weighted by molar-refractivity contribution is 7.91. The summed E-state index contributed by atoms with van der Waals surface area (Å²) in [6.45, 7) is 0.317. The van der Waals surface area contributed by atoms with Crippen LogP contribution in [0.15, 0.2) is 30.3 Å². The van der Waals surface area contributed by atoms with Gasteiger partial charge in [0.15, 0.2) is 9.84 Å². The van der Waals surface area contributed by atoms with Gasteiger partial charge < -0.3 is 0 Å². The minimum absolute atomic E-state index is 0.0555. The molecule has 2 rings (SSSR count). The summed E-state index contributed by atoms with van der Waals surface area (Å²) >= 11 is 0. The number of aryl methyl sites for hydroxylation is 1. The SMILES string of the molecule is O=S1(=O)CCC(CCNS(=O)(=O)CCc2ccccc2)C1. The second-order valence-corrected chi connectivity index (χ2v) is 9.66. The third-order valence-electron chi connectivity index (χ3n) is 3.70. The molecule has 21 heavy (non-hydrogen) atoms. The largest absolute Gasteiger partial charge is 0.229 e. The third kappa shape index (κ3) is 5.76. The van der Waals surface area contributed by atoms with E-state index >= 15 is 0 Å². The number of sulfonamides is 1. The van der Waals surface area contributed by atoms with Gasteiger partial charge in [0.1, 0.15) is 0 Å². The van der Waals surface area contributed by atoms with Crippen molar-refractivity contribution < 1.29 is 16.8 Å². The molecule has 7 heteroatoms. The summed E-state index contributed by atoms with van der Waals surface area (Å²) < 4.78 is 49.0. The molecule has 1 aromatic carbocycles. The van der Waals surface area contributed by atoms with Gasteiger partial charge in [-0.05, 0) is 30.7 Å². The number of benzene rings is 1. The molecule has 0 saturated carbocycles. The highest BCUT2D eigenvalue weighted by Gasteiger charge is 2.27. The standard InChI is InChI=1S/C14H21NO4S2/c16-20(17)10-7-14(12-20)6-9-15-21(18,19)11-8-13-4-2-1-3-5-13/h1-5,14-15H,6-12H2. The van der Waals surface area contributed by atoms with Gasteiger partial charge >= 0.3 is 0 Å². The van der Waals surface area contributed by atoms with Crippen LogP contribution in [-0.2, 0) is 26.3 Å². The molecule has 0 aliphatic carbocycles. The molecule has 118 valence electrons. The Bertz CT molecular complexity index is 653. The number of nitrogens with one attached hydrogen (secondary N) is 1. The van der Waals surface area contributed by atoms with Gasteiger partial charge in [-0.15, -0.1) is 0 Å². The van der Waals surface area contributed by atoms with Crippen molar-refractivity contribution in [1.82, 2.24) is 4.72 Å². The molecule has 0 aromatic heterocycles. The van der Waals surface area contributed by atoms with Gasteiger partial charge in [0.25, 0.3) is 0 Å². The van der Waals surface area contributed by atoms with Crippen LogP contribution in [0.3, 0.4) is 0 Å². The highest BCUT2D eigenvalue weighted by Crippen LogP contribution is 2.20. The molecule has 1 saturated heterocycles. The van der Waals surface area contributed by atoms with Crippen molar-refractivity contribution in [3.8, 4) is 0 Å². The van der Waals surface area contributed by atoms with E-state index in [0.717, 1.165) is 5.56 Å². The normalized spacial score (nSPS) is 21.4. The molecule has 1 aliphatic heterocycles. The minimum atomic E-state index is -3.30. The van der Waals surface area contributed by atoms with Crippen molar-refractivity contribution in [3.63, 3.8) is 0 Å². The molecule has 1 heterocycles. The maximum Gasteiger partial charge on any atom is 0.211 e. The zero-order chi connectivity index (χ0) is 15.3. The fourth-order valence-electron chi connectivity index (χ4n) is 2.49. The minimum Gasteiger partial charge on any atom is -0.229 e. The summed E-state index contributed by atoms with van der Waals surface area (Å²) in [6, 6.07) is 9.47. The van der Waals surface area contributed by atoms with E-state index in [1.165, 1.54) is 0 Å². The summed E-state index contributed by atoms with van der Waals surface area (Å²) in [5.74, 6) is 0.573. The lowest BCUT2D eigenvalue weighted by Crippen LogP contribution is -2.29. The maximum absolute atomic E-state index is 11.9. The van der Waals surface area contributed by atoms with Gasteiger partial charge in [-0.1, -0.05) is 30.3 Å². The van der Waals surface area contributed by atoms with E-state index in [1.54, 1.807) is 0 Å². The number of hydrogen-bond donors (Lipinski definition) is 1. The smallest absolute Gasteiger partial charge is 0.211 e. The van der Waals surface area contributed by atoms with E-state index in [-0.39, 0.29) is 23.2 Å². The Morgan fingerprint density at radius 3 is 2.52 bits per heavy atom. The molecule has 1 atom stereocenters. The predicted molar refractivity (Wildman–Crippen MR) is 83.3 cm³/mol. The fourth-order valence-corrected chi connectivity index (χ4v) is 5.48. The molecule has 0 amide bonds. The monoisotopic (exact) mass is 331 g/mol. The van der Waals surface area contributed by atoms with Crippen molar-refractivity contribution in [2.45, 2.75) is 19.3 Å². The maximum atomic E-state index is 11.9. The molecule has 1 aromatic rings. The molecule has 1 unspecified atom stereocenters. The summed E-state index contributed by atoms with van der Waals surface area (Å²) in [4.78, 5) is 0. The first-order valence-corrected chi connectivity index (χ1v) is 10.6. The van der Waals surface area contributed by atoms with Crippen LogP contribution < -0.4 is 4.72 Å². The average molecular weight is 331 g/mol. The Kier molecular flexibility index (Phi) is 5.40. The third-order valence-corrected chi connectivity index (χ3v) is 6.93. The van der Waals surface area contributed by atoms with Crippen LogP contribution in [0.4, 0.5) is 0 Å². The van der Waals surface area contributed by atoms with Gasteiger partial charge in [0, 0.05) is 6.54 Å². The predicted octanol–water partition coefficient (Wildman–Crippen LogP) is 0.973. The molecule has 0 spiro atoms. The van der Waals surface area contributed by atoms with E-state index < -0.39 is 19.9 Å². The lowest BCUT2D eigenvalue weighted by atomic mass is 10.1. The van der Waals surface area contributed by atoms with E-state index in [2.05, 4.69) is 4.72 Å². The lowest BCUT2D eigenvalue weighted by Gasteiger charge is -2.09. The molecule has 1 aliphatic rings. The number of hydrogen-bond acceptors (Lipinski definition) is 4. The van der Waals surface area contributed by atoms with Crippen LogP contribution >= 0.6 is 0 Å². The van der Waals surface area contributed by atoms with E-state index in [9.17, 15) is 16.8 Å². The Balaban J connectivity index is 1.72. The topological polar surface area (TPSA) is 80.3 Å². The first-order valence-electron chi connectivity index (χ1n) is 7.08. The summed E-state index contributed by atoms with van der Waals surface area (Å²) in [5.41, 5.74) is 0.991. The van der Waals surface area contributed by atoms with Gasteiger partial charge in [-0.25, -0.2) is 21.6 Å². The average Bonchev–Trinajstić information content (AvgIpc) is 2.77. The zero-order valence-electron chi connectivity index (χ0n) is 11.9. The molecule has 1 fully saturated rings. The molecule has 1 N–H and O–H groups in total. The van der Waals surface area contributed by atoms with Crippen molar-refractivity contribution in [3.05, 3.63) is 35.9 Å². The summed E-state index contributed by atoms with van der Waals surface area (Å²) in [7, 11) is -6.18. The van der Waals surface area contributed by atoms with Crippen LogP contribution in [0.1, 0.15) is 18.4 Å².